The van der Waals surface area contributed by atoms with Crippen LogP contribution in [0.3, 0.4) is 0 Å². The number of pyridine rings is 1. The molecule has 4 rings (SSSR count). The average Bonchev–Trinajstić information content (AvgIpc) is 3.48. The Kier molecular flexibility index (Phi) is 5.95. The molecule has 33 heavy (non-hydrogen) atoms. The number of imidazole rings is 1. The fourth-order valence-corrected chi connectivity index (χ4v) is 2.95. The second-order valence-electron chi connectivity index (χ2n) is 7.56. The Morgan fingerprint density at radius 2 is 2.00 bits per heavy atom. The van der Waals surface area contributed by atoms with Crippen molar-refractivity contribution in [3.8, 4) is 17.3 Å². The molecule has 0 aliphatic carbocycles. The van der Waals surface area contributed by atoms with E-state index in [2.05, 4.69) is 25.4 Å². The number of amides is 1. The summed E-state index contributed by atoms with van der Waals surface area (Å²) in [5.74, 6) is 1.09. The summed E-state index contributed by atoms with van der Waals surface area (Å²) in [7, 11) is 0. The summed E-state index contributed by atoms with van der Waals surface area (Å²) in [5, 5.41) is 6.49. The van der Waals surface area contributed by atoms with Gasteiger partial charge in [0, 0.05) is 24.9 Å². The number of nitrogens with zero attached hydrogens (tertiary/aromatic N) is 5. The monoisotopic (exact) mass is 456 g/mol. The molecule has 0 spiro atoms. The molecule has 0 aliphatic rings. The highest BCUT2D eigenvalue weighted by Crippen LogP contribution is 2.29. The SMILES string of the molecule is CC(C)c1noc(-c2ccc(-n3cnc(C(=O)NCc4cccc(C(F)(F)F)c4)c3)nc2)n1. The number of carbonyl (C=O) groups is 1. The lowest BCUT2D eigenvalue weighted by molar-refractivity contribution is -0.137. The van der Waals surface area contributed by atoms with Crippen LogP contribution in [0.1, 0.15) is 47.2 Å². The zero-order valence-electron chi connectivity index (χ0n) is 17.7. The fourth-order valence-electron chi connectivity index (χ4n) is 2.95. The molecule has 0 atom stereocenters. The zero-order valence-corrected chi connectivity index (χ0v) is 17.7. The summed E-state index contributed by atoms with van der Waals surface area (Å²) in [4.78, 5) is 25.1. The molecule has 0 radical (unpaired) electrons. The minimum absolute atomic E-state index is 0.0644. The van der Waals surface area contributed by atoms with E-state index in [-0.39, 0.29) is 18.2 Å². The van der Waals surface area contributed by atoms with Crippen molar-refractivity contribution in [1.29, 1.82) is 0 Å². The Bertz CT molecular complexity index is 1260. The first-order valence-corrected chi connectivity index (χ1v) is 9.99. The van der Waals surface area contributed by atoms with Crippen LogP contribution in [0, 0.1) is 0 Å². The summed E-state index contributed by atoms with van der Waals surface area (Å²) < 4.78 is 45.3. The number of alkyl halides is 3. The van der Waals surface area contributed by atoms with Crippen molar-refractivity contribution in [3.63, 3.8) is 0 Å². The molecule has 1 N–H and O–H groups in total. The Balaban J connectivity index is 1.41. The van der Waals surface area contributed by atoms with Gasteiger partial charge < -0.3 is 9.84 Å². The minimum atomic E-state index is -4.44. The number of benzene rings is 1. The highest BCUT2D eigenvalue weighted by Gasteiger charge is 2.30. The van der Waals surface area contributed by atoms with Crippen molar-refractivity contribution in [2.45, 2.75) is 32.5 Å². The zero-order chi connectivity index (χ0) is 23.6. The van der Waals surface area contributed by atoms with Gasteiger partial charge in [0.05, 0.1) is 11.1 Å². The Hall–Kier alpha value is -4.02. The first-order valence-electron chi connectivity index (χ1n) is 9.99. The average molecular weight is 456 g/mol. The predicted molar refractivity (Wildman–Crippen MR) is 111 cm³/mol. The van der Waals surface area contributed by atoms with Gasteiger partial charge in [-0.25, -0.2) is 9.97 Å². The van der Waals surface area contributed by atoms with Gasteiger partial charge in [-0.2, -0.15) is 18.2 Å². The summed E-state index contributed by atoms with van der Waals surface area (Å²) in [6, 6.07) is 8.25. The topological polar surface area (TPSA) is 98.7 Å². The van der Waals surface area contributed by atoms with E-state index < -0.39 is 17.6 Å². The van der Waals surface area contributed by atoms with E-state index >= 15 is 0 Å². The Morgan fingerprint density at radius 1 is 1.18 bits per heavy atom. The largest absolute Gasteiger partial charge is 0.416 e. The van der Waals surface area contributed by atoms with Crippen LogP contribution in [0.4, 0.5) is 13.2 Å². The van der Waals surface area contributed by atoms with Crippen LogP contribution in [-0.4, -0.2) is 30.6 Å². The number of halogens is 3. The highest BCUT2D eigenvalue weighted by molar-refractivity contribution is 5.92. The van der Waals surface area contributed by atoms with Crippen molar-refractivity contribution in [1.82, 2.24) is 30.0 Å². The maximum atomic E-state index is 12.8. The number of carbonyl (C=O) groups excluding carboxylic acids is 1. The van der Waals surface area contributed by atoms with Gasteiger partial charge in [-0.1, -0.05) is 31.1 Å². The lowest BCUT2D eigenvalue weighted by atomic mass is 10.1. The standard InChI is InChI=1S/C22H19F3N6O2/c1-13(2)19-29-21(33-30-19)15-6-7-18(26-10-15)31-11-17(28-12-31)20(32)27-9-14-4-3-5-16(8-14)22(23,24)25/h3-8,10-13H,9H2,1-2H3,(H,27,32). The Morgan fingerprint density at radius 3 is 2.67 bits per heavy atom. The molecule has 1 amide bonds. The number of aromatic nitrogens is 5. The van der Waals surface area contributed by atoms with Gasteiger partial charge in [-0.3, -0.25) is 9.36 Å². The summed E-state index contributed by atoms with van der Waals surface area (Å²) in [6.45, 7) is 3.86. The molecule has 4 aromatic rings. The minimum Gasteiger partial charge on any atom is -0.347 e. The maximum Gasteiger partial charge on any atom is 0.416 e. The first kappa shape index (κ1) is 22.2. The molecular weight excluding hydrogens is 437 g/mol. The molecule has 0 saturated carbocycles. The van der Waals surface area contributed by atoms with E-state index in [9.17, 15) is 18.0 Å². The molecule has 0 unspecified atom stereocenters. The van der Waals surface area contributed by atoms with Crippen LogP contribution < -0.4 is 5.32 Å². The van der Waals surface area contributed by atoms with Gasteiger partial charge in [0.15, 0.2) is 5.82 Å². The fraction of sp³-hybridized carbons (Fsp3) is 0.227. The number of hydrogen-bond donors (Lipinski definition) is 1. The third kappa shape index (κ3) is 5.08. The quantitative estimate of drug-likeness (QED) is 0.462. The Labute approximate surface area is 186 Å². The van der Waals surface area contributed by atoms with E-state index in [0.29, 0.717) is 28.7 Å². The number of nitrogens with one attached hydrogen (secondary N) is 1. The highest BCUT2D eigenvalue weighted by atomic mass is 19.4. The molecular formula is C22H19F3N6O2. The molecule has 11 heteroatoms. The van der Waals surface area contributed by atoms with E-state index in [1.165, 1.54) is 24.7 Å². The van der Waals surface area contributed by atoms with Crippen molar-refractivity contribution in [2.75, 3.05) is 0 Å². The lowest BCUT2D eigenvalue weighted by Gasteiger charge is -2.09. The van der Waals surface area contributed by atoms with Gasteiger partial charge in [0.2, 0.25) is 0 Å². The molecule has 0 fully saturated rings. The van der Waals surface area contributed by atoms with E-state index in [1.54, 1.807) is 22.9 Å². The lowest BCUT2D eigenvalue weighted by Crippen LogP contribution is -2.23. The summed E-state index contributed by atoms with van der Waals surface area (Å²) >= 11 is 0. The van der Waals surface area contributed by atoms with E-state index in [1.807, 2.05) is 13.8 Å². The van der Waals surface area contributed by atoms with Crippen LogP contribution in [-0.2, 0) is 12.7 Å². The molecule has 3 heterocycles. The van der Waals surface area contributed by atoms with Gasteiger partial charge >= 0.3 is 6.18 Å². The first-order chi connectivity index (χ1) is 15.7. The third-order valence-electron chi connectivity index (χ3n) is 4.74. The van der Waals surface area contributed by atoms with Gasteiger partial charge in [-0.05, 0) is 29.8 Å². The molecule has 8 nitrogen and oxygen atoms in total. The third-order valence-corrected chi connectivity index (χ3v) is 4.74. The normalized spacial score (nSPS) is 11.7. The van der Waals surface area contributed by atoms with Crippen molar-refractivity contribution in [3.05, 3.63) is 77.8 Å². The van der Waals surface area contributed by atoms with Crippen LogP contribution in [0.15, 0.2) is 59.6 Å². The van der Waals surface area contributed by atoms with Crippen molar-refractivity contribution < 1.29 is 22.5 Å². The maximum absolute atomic E-state index is 12.8. The summed E-state index contributed by atoms with van der Waals surface area (Å²) in [6.07, 6.45) is 0.0275. The van der Waals surface area contributed by atoms with Crippen molar-refractivity contribution in [2.24, 2.45) is 0 Å². The van der Waals surface area contributed by atoms with Crippen LogP contribution >= 0.6 is 0 Å². The van der Waals surface area contributed by atoms with Crippen molar-refractivity contribution >= 4 is 5.91 Å². The van der Waals surface area contributed by atoms with E-state index in [4.69, 9.17) is 4.52 Å². The second kappa shape index (κ2) is 8.85. The van der Waals surface area contributed by atoms with Gasteiger partial charge in [0.25, 0.3) is 11.8 Å². The molecule has 0 aliphatic heterocycles. The number of rotatable bonds is 6. The van der Waals surface area contributed by atoms with Gasteiger partial charge in [-0.15, -0.1) is 0 Å². The van der Waals surface area contributed by atoms with Crippen LogP contribution in [0.5, 0.6) is 0 Å². The predicted octanol–water partition coefficient (Wildman–Crippen LogP) is 4.39. The second-order valence-corrected chi connectivity index (χ2v) is 7.56. The molecule has 1 aromatic carbocycles. The van der Waals surface area contributed by atoms with E-state index in [0.717, 1.165) is 12.1 Å². The smallest absolute Gasteiger partial charge is 0.347 e. The molecule has 0 saturated heterocycles. The molecule has 3 aromatic heterocycles. The van der Waals surface area contributed by atoms with Crippen LogP contribution in [0.2, 0.25) is 0 Å². The summed E-state index contributed by atoms with van der Waals surface area (Å²) in [5.41, 5.74) is 0.314. The number of hydrogen-bond acceptors (Lipinski definition) is 6. The van der Waals surface area contributed by atoms with Gasteiger partial charge in [0.1, 0.15) is 17.8 Å². The van der Waals surface area contributed by atoms with Crippen LogP contribution in [0.25, 0.3) is 17.3 Å². The molecule has 170 valence electrons. The molecule has 0 bridgehead atoms.